The summed E-state index contributed by atoms with van der Waals surface area (Å²) in [6, 6.07) is 3.71. The quantitative estimate of drug-likeness (QED) is 0.772. The lowest BCUT2D eigenvalue weighted by molar-refractivity contribution is -0.118. The summed E-state index contributed by atoms with van der Waals surface area (Å²) in [4.78, 5) is 27.1. The molecule has 8 heteroatoms. The summed E-state index contributed by atoms with van der Waals surface area (Å²) in [5, 5.41) is 7.15. The van der Waals surface area contributed by atoms with Crippen LogP contribution in [0.25, 0.3) is 11.3 Å². The second-order valence-corrected chi connectivity index (χ2v) is 6.53. The van der Waals surface area contributed by atoms with Crippen LogP contribution in [-0.4, -0.2) is 22.8 Å². The Morgan fingerprint density at radius 1 is 1.29 bits per heavy atom. The Morgan fingerprint density at radius 2 is 2.00 bits per heavy atom. The Bertz CT molecular complexity index is 760. The van der Waals surface area contributed by atoms with Crippen molar-refractivity contribution in [2.24, 2.45) is 11.7 Å². The van der Waals surface area contributed by atoms with E-state index in [2.05, 4.69) is 15.6 Å². The van der Waals surface area contributed by atoms with Crippen molar-refractivity contribution in [3.05, 3.63) is 29.4 Å². The van der Waals surface area contributed by atoms with Crippen LogP contribution in [0.2, 0.25) is 0 Å². The highest BCUT2D eigenvalue weighted by Crippen LogP contribution is 2.28. The van der Waals surface area contributed by atoms with E-state index in [1.807, 2.05) is 13.8 Å². The Labute approximate surface area is 143 Å². The molecule has 0 unspecified atom stereocenters. The Kier molecular flexibility index (Phi) is 5.63. The van der Waals surface area contributed by atoms with Crippen LogP contribution in [0.15, 0.2) is 23.6 Å². The third-order valence-electron chi connectivity index (χ3n) is 3.32. The molecule has 24 heavy (non-hydrogen) atoms. The normalized spacial score (nSPS) is 12.1. The minimum atomic E-state index is -0.633. The van der Waals surface area contributed by atoms with E-state index in [0.29, 0.717) is 16.5 Å². The summed E-state index contributed by atoms with van der Waals surface area (Å²) in [5.41, 5.74) is 6.84. The van der Waals surface area contributed by atoms with Gasteiger partial charge in [-0.25, -0.2) is 9.37 Å². The molecule has 0 bridgehead atoms. The van der Waals surface area contributed by atoms with Gasteiger partial charge in [-0.05, 0) is 24.1 Å². The minimum Gasteiger partial charge on any atom is -0.326 e. The molecule has 1 heterocycles. The van der Waals surface area contributed by atoms with Crippen molar-refractivity contribution in [1.29, 1.82) is 0 Å². The number of nitrogens with two attached hydrogens (primary N) is 1. The van der Waals surface area contributed by atoms with E-state index >= 15 is 0 Å². The molecule has 1 aromatic heterocycles. The lowest BCUT2D eigenvalue weighted by atomic mass is 10.1. The van der Waals surface area contributed by atoms with Crippen molar-refractivity contribution in [2.75, 3.05) is 10.6 Å². The van der Waals surface area contributed by atoms with Gasteiger partial charge in [-0.2, -0.15) is 0 Å². The molecule has 2 rings (SSSR count). The average Bonchev–Trinajstić information content (AvgIpc) is 2.93. The van der Waals surface area contributed by atoms with Crippen molar-refractivity contribution in [3.8, 4) is 11.3 Å². The van der Waals surface area contributed by atoms with Crippen LogP contribution in [0.3, 0.4) is 0 Å². The topological polar surface area (TPSA) is 97.1 Å². The summed E-state index contributed by atoms with van der Waals surface area (Å²) in [6.07, 6.45) is 0. The Hall–Kier alpha value is -2.32. The van der Waals surface area contributed by atoms with Gasteiger partial charge in [0.1, 0.15) is 5.82 Å². The van der Waals surface area contributed by atoms with Gasteiger partial charge in [0.05, 0.1) is 11.7 Å². The highest BCUT2D eigenvalue weighted by molar-refractivity contribution is 7.14. The lowest BCUT2D eigenvalue weighted by Crippen LogP contribution is -2.39. The Morgan fingerprint density at radius 3 is 2.58 bits per heavy atom. The van der Waals surface area contributed by atoms with E-state index in [1.165, 1.54) is 30.4 Å². The first-order valence-electron chi connectivity index (χ1n) is 7.37. The molecular weight excluding hydrogens is 331 g/mol. The summed E-state index contributed by atoms with van der Waals surface area (Å²) >= 11 is 1.19. The van der Waals surface area contributed by atoms with Crippen molar-refractivity contribution in [3.63, 3.8) is 0 Å². The van der Waals surface area contributed by atoms with Crippen molar-refractivity contribution in [2.45, 2.75) is 26.8 Å². The number of rotatable bonds is 5. The van der Waals surface area contributed by atoms with Crippen LogP contribution in [0.1, 0.15) is 20.8 Å². The summed E-state index contributed by atoms with van der Waals surface area (Å²) in [6.45, 7) is 5.05. The van der Waals surface area contributed by atoms with Crippen molar-refractivity contribution >= 4 is 34.0 Å². The maximum absolute atomic E-state index is 14.2. The lowest BCUT2D eigenvalue weighted by Gasteiger charge is -2.13. The van der Waals surface area contributed by atoms with Crippen LogP contribution < -0.4 is 16.4 Å². The van der Waals surface area contributed by atoms with E-state index in [0.717, 1.165) is 0 Å². The molecule has 0 aliphatic rings. The zero-order valence-electron chi connectivity index (χ0n) is 13.6. The average molecular weight is 350 g/mol. The van der Waals surface area contributed by atoms with Gasteiger partial charge in [-0.15, -0.1) is 11.3 Å². The number of nitrogens with zero attached hydrogens (tertiary/aromatic N) is 1. The molecule has 0 aliphatic carbocycles. The highest BCUT2D eigenvalue weighted by atomic mass is 32.1. The zero-order valence-corrected chi connectivity index (χ0v) is 14.4. The van der Waals surface area contributed by atoms with Crippen LogP contribution in [0.4, 0.5) is 15.2 Å². The maximum Gasteiger partial charge on any atom is 0.243 e. The summed E-state index contributed by atoms with van der Waals surface area (Å²) in [7, 11) is 0. The Balaban J connectivity index is 2.16. The van der Waals surface area contributed by atoms with Gasteiger partial charge in [-0.3, -0.25) is 9.59 Å². The molecule has 0 aliphatic heterocycles. The minimum absolute atomic E-state index is 0.00296. The first kappa shape index (κ1) is 18.0. The molecule has 0 spiro atoms. The van der Waals surface area contributed by atoms with Crippen LogP contribution in [0, 0.1) is 11.7 Å². The van der Waals surface area contributed by atoms with Gasteiger partial charge < -0.3 is 16.4 Å². The molecule has 1 aromatic carbocycles. The molecule has 6 nitrogen and oxygen atoms in total. The number of thiazole rings is 1. The third-order valence-corrected chi connectivity index (χ3v) is 4.08. The number of carbonyl (C=O) groups excluding carboxylic acids is 2. The fraction of sp³-hybridized carbons (Fsp3) is 0.312. The zero-order chi connectivity index (χ0) is 17.9. The van der Waals surface area contributed by atoms with Gasteiger partial charge >= 0.3 is 0 Å². The smallest absolute Gasteiger partial charge is 0.243 e. The molecule has 2 aromatic rings. The van der Waals surface area contributed by atoms with Crippen LogP contribution in [-0.2, 0) is 9.59 Å². The summed E-state index contributed by atoms with van der Waals surface area (Å²) in [5.74, 6) is -1.11. The molecule has 0 saturated heterocycles. The number of halogens is 1. The number of benzene rings is 1. The molecule has 0 radical (unpaired) electrons. The third kappa shape index (κ3) is 4.36. The summed E-state index contributed by atoms with van der Waals surface area (Å²) < 4.78 is 14.2. The molecular formula is C16H19FN4O2S. The fourth-order valence-corrected chi connectivity index (χ4v) is 2.66. The molecule has 4 N–H and O–H groups in total. The monoisotopic (exact) mass is 350 g/mol. The van der Waals surface area contributed by atoms with E-state index < -0.39 is 11.9 Å². The maximum atomic E-state index is 14.2. The van der Waals surface area contributed by atoms with E-state index in [4.69, 9.17) is 5.73 Å². The highest BCUT2D eigenvalue weighted by Gasteiger charge is 2.19. The molecule has 1 atom stereocenters. The first-order chi connectivity index (χ1) is 11.3. The molecule has 0 saturated carbocycles. The van der Waals surface area contributed by atoms with Crippen molar-refractivity contribution in [1.82, 2.24) is 4.98 Å². The molecule has 2 amide bonds. The largest absolute Gasteiger partial charge is 0.326 e. The van der Waals surface area contributed by atoms with Crippen molar-refractivity contribution < 1.29 is 14.0 Å². The number of amides is 2. The predicted molar refractivity (Wildman–Crippen MR) is 93.3 cm³/mol. The molecule has 0 fully saturated rings. The second kappa shape index (κ2) is 7.50. The number of anilines is 2. The van der Waals surface area contributed by atoms with Crippen LogP contribution >= 0.6 is 11.3 Å². The standard InChI is InChI=1S/C16H19FN4O2S/c1-8(2)14(18)15(23)21-16-20-13(7-24-16)11-5-4-10(6-12(11)17)19-9(3)22/h4-8,14H,18H2,1-3H3,(H,19,22)(H,20,21,23)/t14-/m0/s1. The van der Waals surface area contributed by atoms with Gasteiger partial charge in [0.15, 0.2) is 5.13 Å². The number of carbonyl (C=O) groups is 2. The van der Waals surface area contributed by atoms with Gasteiger partial charge in [0.25, 0.3) is 0 Å². The van der Waals surface area contributed by atoms with Gasteiger partial charge in [0, 0.05) is 23.6 Å². The number of hydrogen-bond acceptors (Lipinski definition) is 5. The van der Waals surface area contributed by atoms with Gasteiger partial charge in [-0.1, -0.05) is 13.8 Å². The van der Waals surface area contributed by atoms with Gasteiger partial charge in [0.2, 0.25) is 11.8 Å². The molecule has 128 valence electrons. The van der Waals surface area contributed by atoms with E-state index in [9.17, 15) is 14.0 Å². The first-order valence-corrected chi connectivity index (χ1v) is 8.25. The number of aromatic nitrogens is 1. The predicted octanol–water partition coefficient (Wildman–Crippen LogP) is 2.83. The SMILES string of the molecule is CC(=O)Nc1ccc(-c2csc(NC(=O)[C@@H](N)C(C)C)n2)c(F)c1. The second-order valence-electron chi connectivity index (χ2n) is 5.67. The van der Waals surface area contributed by atoms with E-state index in [1.54, 1.807) is 11.4 Å². The fourth-order valence-electron chi connectivity index (χ4n) is 1.95. The number of hydrogen-bond donors (Lipinski definition) is 3. The van der Waals surface area contributed by atoms with E-state index in [-0.39, 0.29) is 23.3 Å². The van der Waals surface area contributed by atoms with Crippen LogP contribution in [0.5, 0.6) is 0 Å². The number of nitrogens with one attached hydrogen (secondary N) is 2.